The van der Waals surface area contributed by atoms with Crippen LogP contribution in [-0.2, 0) is 0 Å². The highest BCUT2D eigenvalue weighted by Gasteiger charge is 2.49. The van der Waals surface area contributed by atoms with Gasteiger partial charge in [-0.1, -0.05) is 36.4 Å². The Bertz CT molecular complexity index is 980. The molecule has 2 aliphatic heterocycles. The fourth-order valence-corrected chi connectivity index (χ4v) is 4.93. The fourth-order valence-electron chi connectivity index (χ4n) is 4.93. The van der Waals surface area contributed by atoms with Crippen LogP contribution in [0.15, 0.2) is 48.5 Å². The van der Waals surface area contributed by atoms with Crippen molar-refractivity contribution in [3.8, 4) is 0 Å². The van der Waals surface area contributed by atoms with E-state index in [0.717, 1.165) is 48.7 Å². The highest BCUT2D eigenvalue weighted by molar-refractivity contribution is 5.89. The van der Waals surface area contributed by atoms with Crippen molar-refractivity contribution in [2.45, 2.75) is 37.8 Å². The number of aliphatic hydroxyl groups is 1. The van der Waals surface area contributed by atoms with Crippen molar-refractivity contribution in [2.24, 2.45) is 0 Å². The first-order chi connectivity index (χ1) is 15.5. The van der Waals surface area contributed by atoms with Gasteiger partial charge in [-0.15, -0.1) is 0 Å². The minimum Gasteiger partial charge on any atom is -0.395 e. The lowest BCUT2D eigenvalue weighted by Crippen LogP contribution is -2.68. The molecule has 0 unspecified atom stereocenters. The Balaban J connectivity index is 1.53. The summed E-state index contributed by atoms with van der Waals surface area (Å²) in [6.45, 7) is 3.91. The van der Waals surface area contributed by atoms with Gasteiger partial charge in [0.25, 0.3) is 0 Å². The molecule has 32 heavy (non-hydrogen) atoms. The van der Waals surface area contributed by atoms with Crippen LogP contribution in [0.4, 0.5) is 19.3 Å². The van der Waals surface area contributed by atoms with Crippen LogP contribution in [0, 0.1) is 11.6 Å². The first-order valence-electron chi connectivity index (χ1n) is 11.1. The molecule has 2 fully saturated rings. The normalized spacial score (nSPS) is 23.9. The molecule has 2 N–H and O–H groups in total. The molecule has 7 heteroatoms. The van der Waals surface area contributed by atoms with E-state index in [9.17, 15) is 18.7 Å². The molecule has 2 aliphatic rings. The first-order valence-corrected chi connectivity index (χ1v) is 11.1. The highest BCUT2D eigenvalue weighted by atomic mass is 19.1. The number of allylic oxidation sites excluding steroid dienone is 1. The largest absolute Gasteiger partial charge is 0.395 e. The molecule has 4 rings (SSSR count). The molecule has 3 atom stereocenters. The van der Waals surface area contributed by atoms with Crippen LogP contribution in [0.1, 0.15) is 36.8 Å². The second kappa shape index (κ2) is 9.79. The quantitative estimate of drug-likeness (QED) is 0.737. The maximum Gasteiger partial charge on any atom is 0.321 e. The maximum atomic E-state index is 14.0. The van der Waals surface area contributed by atoms with Gasteiger partial charge in [-0.3, -0.25) is 4.90 Å². The summed E-state index contributed by atoms with van der Waals surface area (Å²) < 4.78 is 27.5. The van der Waals surface area contributed by atoms with E-state index >= 15 is 0 Å². The number of hydrogen-bond donors (Lipinski definition) is 2. The van der Waals surface area contributed by atoms with E-state index in [1.165, 1.54) is 0 Å². The predicted octanol–water partition coefficient (Wildman–Crippen LogP) is 4.45. The number of fused-ring (bicyclic) bond motifs is 1. The zero-order chi connectivity index (χ0) is 22.7. The van der Waals surface area contributed by atoms with E-state index in [1.54, 1.807) is 4.90 Å². The summed E-state index contributed by atoms with van der Waals surface area (Å²) in [5.74, 6) is -1.18. The van der Waals surface area contributed by atoms with Crippen LogP contribution in [-0.4, -0.2) is 59.3 Å². The average Bonchev–Trinajstić information content (AvgIpc) is 2.76. The van der Waals surface area contributed by atoms with Gasteiger partial charge in [-0.25, -0.2) is 13.6 Å². The zero-order valence-corrected chi connectivity index (χ0v) is 18.2. The molecule has 2 amide bonds. The van der Waals surface area contributed by atoms with Crippen molar-refractivity contribution < 1.29 is 18.7 Å². The molecule has 0 aromatic heterocycles. The van der Waals surface area contributed by atoms with Crippen molar-refractivity contribution >= 4 is 17.8 Å². The summed E-state index contributed by atoms with van der Waals surface area (Å²) in [6.07, 6.45) is 5.73. The molecular weight excluding hydrogens is 412 g/mol. The molecular formula is C25H29F2N3O2. The summed E-state index contributed by atoms with van der Waals surface area (Å²) in [6, 6.07) is 10.9. The van der Waals surface area contributed by atoms with Crippen LogP contribution in [0.25, 0.3) is 6.08 Å². The minimum absolute atomic E-state index is 0.0104. The number of rotatable bonds is 4. The van der Waals surface area contributed by atoms with Gasteiger partial charge in [-0.2, -0.15) is 0 Å². The highest BCUT2D eigenvalue weighted by Crippen LogP contribution is 2.42. The van der Waals surface area contributed by atoms with Gasteiger partial charge in [0.2, 0.25) is 0 Å². The SMILES string of the molecule is C/C=C/c1ccc([C@H]2[C@@H](CO)N3CCCCN(C(=O)Nc4cc(F)ccc4F)C[C@@H]23)cc1. The first kappa shape index (κ1) is 22.4. The monoisotopic (exact) mass is 441 g/mol. The van der Waals surface area contributed by atoms with Gasteiger partial charge in [-0.05, 0) is 49.6 Å². The van der Waals surface area contributed by atoms with Crippen molar-refractivity contribution in [3.05, 3.63) is 71.3 Å². The third kappa shape index (κ3) is 4.54. The number of halogens is 2. The van der Waals surface area contributed by atoms with Crippen molar-refractivity contribution in [1.29, 1.82) is 0 Å². The standard InChI is InChI=1S/C25H29F2N3O2/c1-2-5-17-6-8-18(9-7-17)24-22-15-29(12-3-4-13-30(22)23(24)16-31)25(32)28-21-14-19(26)10-11-20(21)27/h2,5-11,14,22-24,31H,3-4,12-13,15-16H2,1H3,(H,28,32)/b5-2+/t22-,23+,24+/m0/s1. The molecule has 0 aliphatic carbocycles. The van der Waals surface area contributed by atoms with Gasteiger partial charge in [0, 0.05) is 37.2 Å². The van der Waals surface area contributed by atoms with Crippen LogP contribution >= 0.6 is 0 Å². The lowest BCUT2D eigenvalue weighted by Gasteiger charge is -2.57. The zero-order valence-electron chi connectivity index (χ0n) is 18.2. The van der Waals surface area contributed by atoms with Gasteiger partial charge < -0.3 is 15.3 Å². The third-order valence-corrected chi connectivity index (χ3v) is 6.51. The third-order valence-electron chi connectivity index (χ3n) is 6.51. The second-order valence-corrected chi connectivity index (χ2v) is 8.45. The Morgan fingerprint density at radius 1 is 1.16 bits per heavy atom. The lowest BCUT2D eigenvalue weighted by atomic mass is 9.74. The topological polar surface area (TPSA) is 55.8 Å². The van der Waals surface area contributed by atoms with E-state index in [-0.39, 0.29) is 30.3 Å². The maximum absolute atomic E-state index is 14.0. The van der Waals surface area contributed by atoms with E-state index < -0.39 is 17.7 Å². The number of nitrogens with one attached hydrogen (secondary N) is 1. The Kier molecular flexibility index (Phi) is 6.86. The molecule has 2 saturated heterocycles. The molecule has 2 aromatic rings. The van der Waals surface area contributed by atoms with E-state index in [4.69, 9.17) is 0 Å². The van der Waals surface area contributed by atoms with Crippen LogP contribution in [0.3, 0.4) is 0 Å². The van der Waals surface area contributed by atoms with E-state index in [2.05, 4.69) is 34.5 Å². The molecule has 0 saturated carbocycles. The van der Waals surface area contributed by atoms with Gasteiger partial charge in [0.05, 0.1) is 12.3 Å². The Morgan fingerprint density at radius 2 is 1.91 bits per heavy atom. The van der Waals surface area contributed by atoms with E-state index in [1.807, 2.05) is 19.1 Å². The fraction of sp³-hybridized carbons (Fsp3) is 0.400. The Labute approximate surface area is 187 Å². The number of hydrogen-bond acceptors (Lipinski definition) is 3. The molecule has 0 spiro atoms. The molecule has 2 heterocycles. The Morgan fingerprint density at radius 3 is 2.62 bits per heavy atom. The molecule has 0 bridgehead atoms. The molecule has 170 valence electrons. The summed E-state index contributed by atoms with van der Waals surface area (Å²) in [4.78, 5) is 16.9. The average molecular weight is 442 g/mol. The summed E-state index contributed by atoms with van der Waals surface area (Å²) in [5.41, 5.74) is 2.09. The number of anilines is 1. The number of aliphatic hydroxyl groups excluding tert-OH is 1. The molecule has 0 radical (unpaired) electrons. The number of benzene rings is 2. The minimum atomic E-state index is -0.670. The van der Waals surface area contributed by atoms with Crippen LogP contribution < -0.4 is 5.32 Å². The van der Waals surface area contributed by atoms with Crippen LogP contribution in [0.5, 0.6) is 0 Å². The molecule has 2 aromatic carbocycles. The number of nitrogens with zero attached hydrogens (tertiary/aromatic N) is 2. The van der Waals surface area contributed by atoms with Crippen molar-refractivity contribution in [2.75, 3.05) is 31.6 Å². The smallest absolute Gasteiger partial charge is 0.321 e. The van der Waals surface area contributed by atoms with Crippen molar-refractivity contribution in [3.63, 3.8) is 0 Å². The van der Waals surface area contributed by atoms with Gasteiger partial charge in [0.1, 0.15) is 11.6 Å². The number of carbonyl (C=O) groups excluding carboxylic acids is 1. The number of urea groups is 1. The van der Waals surface area contributed by atoms with Gasteiger partial charge >= 0.3 is 6.03 Å². The van der Waals surface area contributed by atoms with E-state index in [0.29, 0.717) is 13.1 Å². The molecule has 5 nitrogen and oxygen atoms in total. The van der Waals surface area contributed by atoms with Crippen molar-refractivity contribution in [1.82, 2.24) is 9.80 Å². The summed E-state index contributed by atoms with van der Waals surface area (Å²) in [5, 5.41) is 12.6. The Hall–Kier alpha value is -2.77. The predicted molar refractivity (Wildman–Crippen MR) is 121 cm³/mol. The van der Waals surface area contributed by atoms with Gasteiger partial charge in [0.15, 0.2) is 0 Å². The lowest BCUT2D eigenvalue weighted by molar-refractivity contribution is -0.0585. The number of amides is 2. The second-order valence-electron chi connectivity index (χ2n) is 8.45. The summed E-state index contributed by atoms with van der Waals surface area (Å²) >= 11 is 0. The van der Waals surface area contributed by atoms with Crippen LogP contribution in [0.2, 0.25) is 0 Å². The summed E-state index contributed by atoms with van der Waals surface area (Å²) in [7, 11) is 0. The number of carbonyl (C=O) groups is 1.